The zero-order chi connectivity index (χ0) is 17.8. The van der Waals surface area contributed by atoms with Crippen molar-refractivity contribution in [3.63, 3.8) is 0 Å². The minimum atomic E-state index is -0.0520. The van der Waals surface area contributed by atoms with Gasteiger partial charge in [-0.3, -0.25) is 4.79 Å². The van der Waals surface area contributed by atoms with Gasteiger partial charge in [0.1, 0.15) is 0 Å². The smallest absolute Gasteiger partial charge is 0.227 e. The predicted octanol–water partition coefficient (Wildman–Crippen LogP) is 2.95. The number of piperazine rings is 1. The summed E-state index contributed by atoms with van der Waals surface area (Å²) in [6.07, 6.45) is 0.804. The van der Waals surface area contributed by atoms with Crippen LogP contribution in [0.2, 0.25) is 5.02 Å². The van der Waals surface area contributed by atoms with E-state index >= 15 is 0 Å². The molecule has 1 atom stereocenters. The number of rotatable bonds is 5. The third-order valence-electron chi connectivity index (χ3n) is 4.38. The lowest BCUT2D eigenvalue weighted by molar-refractivity contribution is -0.134. The maximum atomic E-state index is 12.8. The van der Waals surface area contributed by atoms with Gasteiger partial charge in [-0.1, -0.05) is 48.8 Å². The Bertz CT molecular complexity index is 731. The van der Waals surface area contributed by atoms with Crippen molar-refractivity contribution in [2.75, 3.05) is 19.6 Å². The second-order valence-electron chi connectivity index (χ2n) is 6.53. The molecule has 0 spiro atoms. The summed E-state index contributed by atoms with van der Waals surface area (Å²) in [4.78, 5) is 19.0. The lowest BCUT2D eigenvalue weighted by Gasteiger charge is -2.37. The second kappa shape index (κ2) is 7.97. The molecule has 1 fully saturated rings. The third-order valence-corrected chi connectivity index (χ3v) is 4.73. The number of hydrogen-bond acceptors (Lipinski definition) is 5. The number of nitrogens with one attached hydrogen (secondary N) is 1. The number of amides is 1. The summed E-state index contributed by atoms with van der Waals surface area (Å²) in [6, 6.07) is 7.64. The van der Waals surface area contributed by atoms with Gasteiger partial charge in [0, 0.05) is 43.4 Å². The van der Waals surface area contributed by atoms with Gasteiger partial charge in [-0.15, -0.1) is 0 Å². The fourth-order valence-electron chi connectivity index (χ4n) is 2.99. The van der Waals surface area contributed by atoms with Crippen LogP contribution in [0.15, 0.2) is 28.8 Å². The highest BCUT2D eigenvalue weighted by Crippen LogP contribution is 2.29. The van der Waals surface area contributed by atoms with Gasteiger partial charge < -0.3 is 14.7 Å². The second-order valence-corrected chi connectivity index (χ2v) is 6.94. The van der Waals surface area contributed by atoms with Crippen molar-refractivity contribution >= 4 is 17.5 Å². The van der Waals surface area contributed by atoms with E-state index in [9.17, 15) is 4.79 Å². The van der Waals surface area contributed by atoms with E-state index in [1.165, 1.54) is 0 Å². The maximum absolute atomic E-state index is 12.8. The summed E-state index contributed by atoms with van der Waals surface area (Å²) in [5.74, 6) is 1.49. The first kappa shape index (κ1) is 17.9. The van der Waals surface area contributed by atoms with Crippen molar-refractivity contribution in [1.29, 1.82) is 0 Å². The van der Waals surface area contributed by atoms with E-state index in [1.807, 2.05) is 43.0 Å². The van der Waals surface area contributed by atoms with Crippen LogP contribution < -0.4 is 5.32 Å². The Balaban J connectivity index is 1.67. The third kappa shape index (κ3) is 4.19. The van der Waals surface area contributed by atoms with Crippen LogP contribution >= 0.6 is 11.6 Å². The average Bonchev–Trinajstić information content (AvgIpc) is 3.09. The molecule has 1 saturated heterocycles. The summed E-state index contributed by atoms with van der Waals surface area (Å²) in [5.41, 5.74) is 0.976. The molecule has 134 valence electrons. The first-order valence-corrected chi connectivity index (χ1v) is 9.01. The van der Waals surface area contributed by atoms with Crippen molar-refractivity contribution in [3.05, 3.63) is 46.6 Å². The lowest BCUT2D eigenvalue weighted by atomic mass is 10.0. The summed E-state index contributed by atoms with van der Waals surface area (Å²) >= 11 is 6.33. The zero-order valence-electron chi connectivity index (χ0n) is 14.5. The number of carbonyl (C=O) groups excluding carboxylic acids is 1. The molecule has 1 N–H and O–H groups in total. The topological polar surface area (TPSA) is 71.3 Å². The molecule has 1 aliphatic rings. The standard InChI is InChI=1S/C18H23ClN4O2/c1-12(2)18-21-16(25-22-18)7-8-17(24)23-10-9-20-11-15(23)13-5-3-4-6-14(13)19/h3-6,12,15,20H,7-11H2,1-2H3. The molecule has 2 aromatic rings. The molecule has 25 heavy (non-hydrogen) atoms. The highest BCUT2D eigenvalue weighted by Gasteiger charge is 2.29. The molecular weight excluding hydrogens is 340 g/mol. The fourth-order valence-corrected chi connectivity index (χ4v) is 3.25. The minimum absolute atomic E-state index is 0.0520. The normalized spacial score (nSPS) is 17.9. The first-order valence-electron chi connectivity index (χ1n) is 8.63. The molecule has 2 heterocycles. The largest absolute Gasteiger partial charge is 0.339 e. The number of benzene rings is 1. The van der Waals surface area contributed by atoms with E-state index in [0.29, 0.717) is 42.7 Å². The predicted molar refractivity (Wildman–Crippen MR) is 95.5 cm³/mol. The molecule has 7 heteroatoms. The zero-order valence-corrected chi connectivity index (χ0v) is 15.3. The van der Waals surface area contributed by atoms with Crippen LogP contribution in [-0.4, -0.2) is 40.6 Å². The quantitative estimate of drug-likeness (QED) is 0.885. The molecular formula is C18H23ClN4O2. The van der Waals surface area contributed by atoms with Gasteiger partial charge in [0.05, 0.1) is 6.04 Å². The maximum Gasteiger partial charge on any atom is 0.227 e. The molecule has 0 aliphatic carbocycles. The van der Waals surface area contributed by atoms with E-state index in [4.69, 9.17) is 16.1 Å². The summed E-state index contributed by atoms with van der Waals surface area (Å²) in [5, 5.41) is 7.97. The molecule has 1 unspecified atom stereocenters. The fraction of sp³-hybridized carbons (Fsp3) is 0.500. The van der Waals surface area contributed by atoms with Crippen LogP contribution in [0.5, 0.6) is 0 Å². The number of aromatic nitrogens is 2. The van der Waals surface area contributed by atoms with Gasteiger partial charge in [0.2, 0.25) is 11.8 Å². The van der Waals surface area contributed by atoms with Crippen molar-refractivity contribution in [1.82, 2.24) is 20.4 Å². The average molecular weight is 363 g/mol. The Morgan fingerprint density at radius 3 is 2.96 bits per heavy atom. The van der Waals surface area contributed by atoms with Gasteiger partial charge in [0.15, 0.2) is 5.82 Å². The van der Waals surface area contributed by atoms with Gasteiger partial charge in [-0.05, 0) is 11.6 Å². The summed E-state index contributed by atoms with van der Waals surface area (Å²) in [6.45, 7) is 6.16. The van der Waals surface area contributed by atoms with Gasteiger partial charge in [-0.25, -0.2) is 0 Å². The van der Waals surface area contributed by atoms with E-state index in [0.717, 1.165) is 12.1 Å². The molecule has 0 bridgehead atoms. The summed E-state index contributed by atoms with van der Waals surface area (Å²) in [7, 11) is 0. The molecule has 6 nitrogen and oxygen atoms in total. The Kier molecular flexibility index (Phi) is 5.71. The molecule has 1 aromatic carbocycles. The van der Waals surface area contributed by atoms with Crippen LogP contribution in [0.4, 0.5) is 0 Å². The van der Waals surface area contributed by atoms with Crippen molar-refractivity contribution in [2.45, 2.75) is 38.6 Å². The number of aryl methyl sites for hydroxylation is 1. The van der Waals surface area contributed by atoms with Crippen LogP contribution in [0, 0.1) is 0 Å². The number of hydrogen-bond donors (Lipinski definition) is 1. The van der Waals surface area contributed by atoms with Crippen molar-refractivity contribution in [2.24, 2.45) is 0 Å². The Morgan fingerprint density at radius 2 is 2.24 bits per heavy atom. The van der Waals surface area contributed by atoms with Crippen LogP contribution in [0.1, 0.15) is 49.5 Å². The minimum Gasteiger partial charge on any atom is -0.339 e. The van der Waals surface area contributed by atoms with Crippen LogP contribution in [0.3, 0.4) is 0 Å². The van der Waals surface area contributed by atoms with Crippen molar-refractivity contribution in [3.8, 4) is 0 Å². The highest BCUT2D eigenvalue weighted by atomic mass is 35.5. The Morgan fingerprint density at radius 1 is 1.44 bits per heavy atom. The Hall–Kier alpha value is -1.92. The SMILES string of the molecule is CC(C)c1noc(CCC(=O)N2CCNCC2c2ccccc2Cl)n1. The lowest BCUT2D eigenvalue weighted by Crippen LogP contribution is -2.48. The molecule has 1 aliphatic heterocycles. The van der Waals surface area contributed by atoms with Gasteiger partial charge in [-0.2, -0.15) is 4.98 Å². The number of halogens is 1. The van der Waals surface area contributed by atoms with E-state index in [1.54, 1.807) is 0 Å². The van der Waals surface area contributed by atoms with Crippen molar-refractivity contribution < 1.29 is 9.32 Å². The molecule has 3 rings (SSSR count). The van der Waals surface area contributed by atoms with E-state index in [-0.39, 0.29) is 17.9 Å². The summed E-state index contributed by atoms with van der Waals surface area (Å²) < 4.78 is 5.23. The molecule has 1 amide bonds. The number of nitrogens with zero attached hydrogens (tertiary/aromatic N) is 3. The Labute approximate surface area is 152 Å². The molecule has 0 saturated carbocycles. The van der Waals surface area contributed by atoms with E-state index in [2.05, 4.69) is 15.5 Å². The first-order chi connectivity index (χ1) is 12.1. The molecule has 0 radical (unpaired) electrons. The van der Waals surface area contributed by atoms with Gasteiger partial charge >= 0.3 is 0 Å². The molecule has 1 aromatic heterocycles. The van der Waals surface area contributed by atoms with Crippen LogP contribution in [0.25, 0.3) is 0 Å². The van der Waals surface area contributed by atoms with Crippen LogP contribution in [-0.2, 0) is 11.2 Å². The number of carbonyl (C=O) groups is 1. The monoisotopic (exact) mass is 362 g/mol. The van der Waals surface area contributed by atoms with Gasteiger partial charge in [0.25, 0.3) is 0 Å². The van der Waals surface area contributed by atoms with E-state index < -0.39 is 0 Å². The highest BCUT2D eigenvalue weighted by molar-refractivity contribution is 6.31.